The molecule has 0 radical (unpaired) electrons. The highest BCUT2D eigenvalue weighted by atomic mass is 32.1. The van der Waals surface area contributed by atoms with Crippen molar-refractivity contribution in [2.24, 2.45) is 0 Å². The van der Waals surface area contributed by atoms with Crippen LogP contribution in [0.15, 0.2) is 0 Å². The Morgan fingerprint density at radius 3 is 2.40 bits per heavy atom. The third kappa shape index (κ3) is 4.70. The van der Waals surface area contributed by atoms with Crippen LogP contribution in [0.4, 0.5) is 0 Å². The fourth-order valence-electron chi connectivity index (χ4n) is 0.823. The van der Waals surface area contributed by atoms with Crippen LogP contribution in [0.3, 0.4) is 0 Å². The lowest BCUT2D eigenvalue weighted by Gasteiger charge is -2.15. The SMILES string of the molecule is CCN(CC)CCC=S=O. The maximum atomic E-state index is 9.93. The molecule has 10 heavy (non-hydrogen) atoms. The Hall–Kier alpha value is -0.150. The van der Waals surface area contributed by atoms with Crippen LogP contribution in [0.5, 0.6) is 0 Å². The summed E-state index contributed by atoms with van der Waals surface area (Å²) in [6.45, 7) is 7.44. The Labute approximate surface area is 66.3 Å². The van der Waals surface area contributed by atoms with Crippen LogP contribution in [0, 0.1) is 0 Å². The van der Waals surface area contributed by atoms with Crippen molar-refractivity contribution in [1.82, 2.24) is 4.90 Å². The minimum atomic E-state index is 0.563. The summed E-state index contributed by atoms with van der Waals surface area (Å²) in [5.74, 6) is 0. The van der Waals surface area contributed by atoms with Crippen molar-refractivity contribution in [2.45, 2.75) is 20.3 Å². The zero-order valence-corrected chi connectivity index (χ0v) is 7.49. The topological polar surface area (TPSA) is 20.3 Å². The first-order chi connectivity index (χ1) is 4.85. The second kappa shape index (κ2) is 6.96. The van der Waals surface area contributed by atoms with E-state index >= 15 is 0 Å². The Bertz CT molecular complexity index is 117. The summed E-state index contributed by atoms with van der Waals surface area (Å²) in [5, 5.41) is 1.71. The fourth-order valence-corrected chi connectivity index (χ4v) is 1.02. The molecule has 0 spiro atoms. The predicted molar refractivity (Wildman–Crippen MR) is 46.6 cm³/mol. The zero-order chi connectivity index (χ0) is 7.82. The predicted octanol–water partition coefficient (Wildman–Crippen LogP) is 0.734. The van der Waals surface area contributed by atoms with Crippen molar-refractivity contribution in [3.63, 3.8) is 0 Å². The van der Waals surface area contributed by atoms with Gasteiger partial charge in [-0.3, -0.25) is 0 Å². The highest BCUT2D eigenvalue weighted by Gasteiger charge is 1.94. The van der Waals surface area contributed by atoms with E-state index in [0.29, 0.717) is 11.3 Å². The highest BCUT2D eigenvalue weighted by molar-refractivity contribution is 7.64. The molecule has 0 rings (SSSR count). The van der Waals surface area contributed by atoms with Crippen LogP contribution in [0.25, 0.3) is 0 Å². The van der Waals surface area contributed by atoms with Gasteiger partial charge in [-0.25, -0.2) is 4.21 Å². The van der Waals surface area contributed by atoms with Gasteiger partial charge in [0.25, 0.3) is 0 Å². The van der Waals surface area contributed by atoms with E-state index in [1.54, 1.807) is 5.37 Å². The lowest BCUT2D eigenvalue weighted by molar-refractivity contribution is 0.314. The minimum absolute atomic E-state index is 0.563. The molecule has 0 unspecified atom stereocenters. The summed E-state index contributed by atoms with van der Waals surface area (Å²) in [6, 6.07) is 0. The first-order valence-corrected chi connectivity index (χ1v) is 4.48. The van der Waals surface area contributed by atoms with E-state index in [2.05, 4.69) is 18.7 Å². The van der Waals surface area contributed by atoms with Gasteiger partial charge in [0.2, 0.25) is 0 Å². The number of rotatable bonds is 5. The molecule has 0 aromatic heterocycles. The summed E-state index contributed by atoms with van der Waals surface area (Å²) in [5.41, 5.74) is 0. The summed E-state index contributed by atoms with van der Waals surface area (Å²) in [7, 11) is 0. The summed E-state index contributed by atoms with van der Waals surface area (Å²) in [6.07, 6.45) is 0.899. The summed E-state index contributed by atoms with van der Waals surface area (Å²) < 4.78 is 9.93. The van der Waals surface area contributed by atoms with Gasteiger partial charge < -0.3 is 4.90 Å². The molecule has 3 heteroatoms. The van der Waals surface area contributed by atoms with Crippen LogP contribution in [0.2, 0.25) is 0 Å². The van der Waals surface area contributed by atoms with Crippen LogP contribution in [-0.2, 0) is 11.3 Å². The normalized spacial score (nSPS) is 9.90. The van der Waals surface area contributed by atoms with Crippen LogP contribution in [0.1, 0.15) is 20.3 Å². The van der Waals surface area contributed by atoms with Gasteiger partial charge in [-0.2, -0.15) is 0 Å². The largest absolute Gasteiger partial charge is 0.304 e. The molecule has 60 valence electrons. The quantitative estimate of drug-likeness (QED) is 0.554. The van der Waals surface area contributed by atoms with Gasteiger partial charge in [0.05, 0.1) is 11.3 Å². The van der Waals surface area contributed by atoms with E-state index in [0.717, 1.165) is 26.1 Å². The lowest BCUT2D eigenvalue weighted by Crippen LogP contribution is -2.24. The Morgan fingerprint density at radius 1 is 1.40 bits per heavy atom. The molecule has 0 bridgehead atoms. The first-order valence-electron chi connectivity index (χ1n) is 3.67. The second-order valence-corrected chi connectivity index (χ2v) is 2.60. The van der Waals surface area contributed by atoms with Crippen molar-refractivity contribution in [1.29, 1.82) is 0 Å². The molecule has 0 saturated heterocycles. The standard InChI is InChI=1S/C7H15NOS/c1-3-8(4-2)6-5-7-10-9/h7H,3-6H2,1-2H3. The Balaban J connectivity index is 3.34. The Morgan fingerprint density at radius 2 is 2.00 bits per heavy atom. The van der Waals surface area contributed by atoms with Crippen molar-refractivity contribution in [3.05, 3.63) is 0 Å². The maximum absolute atomic E-state index is 9.93. The molecule has 0 amide bonds. The van der Waals surface area contributed by atoms with E-state index in [1.807, 2.05) is 0 Å². The summed E-state index contributed by atoms with van der Waals surface area (Å²) >= 11 is 0.563. The zero-order valence-electron chi connectivity index (χ0n) is 6.67. The number of hydrogen-bond acceptors (Lipinski definition) is 2. The molecule has 0 fully saturated rings. The molecule has 0 aromatic rings. The maximum Gasteiger partial charge on any atom is 0.0841 e. The molecule has 0 heterocycles. The van der Waals surface area contributed by atoms with Gasteiger partial charge >= 0.3 is 0 Å². The van der Waals surface area contributed by atoms with Gasteiger partial charge in [-0.05, 0) is 19.5 Å². The Kier molecular flexibility index (Phi) is 6.86. The average molecular weight is 161 g/mol. The van der Waals surface area contributed by atoms with Gasteiger partial charge in [0.15, 0.2) is 0 Å². The molecule has 0 aliphatic heterocycles. The van der Waals surface area contributed by atoms with Gasteiger partial charge in [0, 0.05) is 11.9 Å². The van der Waals surface area contributed by atoms with Gasteiger partial charge in [0.1, 0.15) is 0 Å². The van der Waals surface area contributed by atoms with Gasteiger partial charge in [-0.15, -0.1) is 0 Å². The molecule has 0 saturated carbocycles. The number of hydrogen-bond donors (Lipinski definition) is 0. The van der Waals surface area contributed by atoms with Crippen molar-refractivity contribution in [3.8, 4) is 0 Å². The van der Waals surface area contributed by atoms with E-state index in [9.17, 15) is 4.21 Å². The van der Waals surface area contributed by atoms with Crippen molar-refractivity contribution in [2.75, 3.05) is 19.6 Å². The number of nitrogens with zero attached hydrogens (tertiary/aromatic N) is 1. The average Bonchev–Trinajstić information content (AvgIpc) is 1.99. The third-order valence-electron chi connectivity index (χ3n) is 1.53. The van der Waals surface area contributed by atoms with Crippen molar-refractivity contribution < 1.29 is 4.21 Å². The molecule has 0 N–H and O–H groups in total. The first kappa shape index (κ1) is 9.85. The van der Waals surface area contributed by atoms with Crippen LogP contribution >= 0.6 is 0 Å². The van der Waals surface area contributed by atoms with Gasteiger partial charge in [-0.1, -0.05) is 13.8 Å². The van der Waals surface area contributed by atoms with Crippen LogP contribution < -0.4 is 0 Å². The smallest absolute Gasteiger partial charge is 0.0841 e. The molecular formula is C7H15NOS. The van der Waals surface area contributed by atoms with Crippen molar-refractivity contribution >= 4 is 16.6 Å². The lowest BCUT2D eigenvalue weighted by atomic mass is 10.4. The van der Waals surface area contributed by atoms with E-state index < -0.39 is 0 Å². The molecule has 0 aliphatic carbocycles. The van der Waals surface area contributed by atoms with E-state index in [4.69, 9.17) is 0 Å². The fraction of sp³-hybridized carbons (Fsp3) is 0.857. The molecule has 2 nitrogen and oxygen atoms in total. The highest BCUT2D eigenvalue weighted by Crippen LogP contribution is 1.86. The second-order valence-electron chi connectivity index (χ2n) is 2.08. The molecule has 0 aromatic carbocycles. The molecular weight excluding hydrogens is 146 g/mol. The molecule has 0 aliphatic rings. The summed E-state index contributed by atoms with van der Waals surface area (Å²) in [4.78, 5) is 2.30. The van der Waals surface area contributed by atoms with E-state index in [-0.39, 0.29) is 0 Å². The van der Waals surface area contributed by atoms with E-state index in [1.165, 1.54) is 0 Å². The molecule has 0 atom stereocenters. The minimum Gasteiger partial charge on any atom is -0.304 e. The van der Waals surface area contributed by atoms with Crippen LogP contribution in [-0.4, -0.2) is 34.1 Å². The monoisotopic (exact) mass is 161 g/mol. The third-order valence-corrected chi connectivity index (χ3v) is 1.90.